The number of amides is 2. The highest BCUT2D eigenvalue weighted by molar-refractivity contribution is 7.80. The highest BCUT2D eigenvalue weighted by Gasteiger charge is 2.34. The molecule has 0 radical (unpaired) electrons. The molecule has 1 aliphatic rings. The van der Waals surface area contributed by atoms with Crippen molar-refractivity contribution < 1.29 is 23.8 Å². The molecular weight excluding hydrogens is 476 g/mol. The van der Waals surface area contributed by atoms with E-state index in [-0.39, 0.29) is 10.7 Å². The zero-order valence-electron chi connectivity index (χ0n) is 20.0. The average molecular weight is 503 g/mol. The lowest BCUT2D eigenvalue weighted by Crippen LogP contribution is -2.54. The van der Waals surface area contributed by atoms with E-state index in [1.54, 1.807) is 42.5 Å². The van der Waals surface area contributed by atoms with Gasteiger partial charge in [0.25, 0.3) is 11.8 Å². The Labute approximate surface area is 215 Å². The van der Waals surface area contributed by atoms with Crippen LogP contribution in [0.4, 0.5) is 5.69 Å². The lowest BCUT2D eigenvalue weighted by molar-refractivity contribution is -0.122. The van der Waals surface area contributed by atoms with E-state index < -0.39 is 11.8 Å². The fraction of sp³-hybridized carbons (Fsp3) is 0.179. The molecule has 0 saturated carbocycles. The van der Waals surface area contributed by atoms with E-state index in [0.717, 1.165) is 5.56 Å². The highest BCUT2D eigenvalue weighted by Crippen LogP contribution is 2.31. The number of nitrogens with one attached hydrogen (secondary N) is 1. The summed E-state index contributed by atoms with van der Waals surface area (Å²) in [6, 6.07) is 22.1. The van der Waals surface area contributed by atoms with E-state index in [1.807, 2.05) is 44.2 Å². The topological polar surface area (TPSA) is 77.1 Å². The predicted molar refractivity (Wildman–Crippen MR) is 142 cm³/mol. The molecule has 1 aliphatic heterocycles. The van der Waals surface area contributed by atoms with Crippen LogP contribution in [0.5, 0.6) is 17.2 Å². The molecule has 0 spiro atoms. The zero-order chi connectivity index (χ0) is 25.5. The molecule has 0 aromatic heterocycles. The minimum absolute atomic E-state index is 0.00969. The third-order valence-corrected chi connectivity index (χ3v) is 5.59. The number of thiocarbonyl (C=S) groups is 1. The first kappa shape index (κ1) is 24.9. The fourth-order valence-corrected chi connectivity index (χ4v) is 3.96. The standard InChI is InChI=1S/C28H26N2O5S/c1-3-33-22-12-8-11-21(17-22)30-27(32)23(26(31)29-28(30)36)15-20-13-14-24(25(16-20)34-4-2)35-18-19-9-6-5-7-10-19/h5-17H,3-4,18H2,1-2H3,(H,29,31,36)/b23-15-. The summed E-state index contributed by atoms with van der Waals surface area (Å²) in [6.45, 7) is 5.05. The fourth-order valence-electron chi connectivity index (χ4n) is 3.67. The van der Waals surface area contributed by atoms with Crippen molar-refractivity contribution in [3.63, 3.8) is 0 Å². The van der Waals surface area contributed by atoms with Crippen LogP contribution in [0.15, 0.2) is 78.4 Å². The van der Waals surface area contributed by atoms with Gasteiger partial charge in [-0.25, -0.2) is 0 Å². The van der Waals surface area contributed by atoms with Gasteiger partial charge in [0.2, 0.25) is 0 Å². The van der Waals surface area contributed by atoms with E-state index in [0.29, 0.717) is 48.3 Å². The average Bonchev–Trinajstić information content (AvgIpc) is 2.87. The van der Waals surface area contributed by atoms with Crippen molar-refractivity contribution in [2.45, 2.75) is 20.5 Å². The Morgan fingerprint density at radius 3 is 2.39 bits per heavy atom. The molecule has 4 rings (SSSR count). The van der Waals surface area contributed by atoms with Gasteiger partial charge in [-0.1, -0.05) is 42.5 Å². The summed E-state index contributed by atoms with van der Waals surface area (Å²) in [5.41, 5.74) is 2.09. The Bertz CT molecular complexity index is 1310. The number of nitrogens with zero attached hydrogens (tertiary/aromatic N) is 1. The van der Waals surface area contributed by atoms with E-state index in [2.05, 4.69) is 5.32 Å². The summed E-state index contributed by atoms with van der Waals surface area (Å²) in [5.74, 6) is 0.589. The lowest BCUT2D eigenvalue weighted by Gasteiger charge is -2.29. The van der Waals surface area contributed by atoms with Gasteiger partial charge in [0, 0.05) is 6.07 Å². The van der Waals surface area contributed by atoms with Gasteiger partial charge in [-0.2, -0.15) is 0 Å². The van der Waals surface area contributed by atoms with Gasteiger partial charge in [0.15, 0.2) is 16.6 Å². The summed E-state index contributed by atoms with van der Waals surface area (Å²) in [4.78, 5) is 27.4. The maximum absolute atomic E-state index is 13.4. The van der Waals surface area contributed by atoms with E-state index in [9.17, 15) is 9.59 Å². The van der Waals surface area contributed by atoms with Crippen LogP contribution in [0.25, 0.3) is 6.08 Å². The van der Waals surface area contributed by atoms with Crippen molar-refractivity contribution in [1.82, 2.24) is 5.32 Å². The van der Waals surface area contributed by atoms with E-state index in [1.165, 1.54) is 11.0 Å². The van der Waals surface area contributed by atoms with Gasteiger partial charge in [-0.05, 0) is 67.5 Å². The maximum atomic E-state index is 13.4. The number of hydrogen-bond donors (Lipinski definition) is 1. The van der Waals surface area contributed by atoms with Crippen molar-refractivity contribution in [2.24, 2.45) is 0 Å². The Kier molecular flexibility index (Phi) is 7.97. The number of rotatable bonds is 9. The summed E-state index contributed by atoms with van der Waals surface area (Å²) in [7, 11) is 0. The minimum Gasteiger partial charge on any atom is -0.494 e. The van der Waals surface area contributed by atoms with Crippen molar-refractivity contribution in [3.05, 3.63) is 89.5 Å². The second-order valence-electron chi connectivity index (χ2n) is 7.80. The molecule has 1 N–H and O–H groups in total. The Balaban J connectivity index is 1.61. The van der Waals surface area contributed by atoms with Gasteiger partial charge in [-0.3, -0.25) is 19.8 Å². The number of anilines is 1. The number of ether oxygens (including phenoxy) is 3. The molecule has 8 heteroatoms. The highest BCUT2D eigenvalue weighted by atomic mass is 32.1. The van der Waals surface area contributed by atoms with E-state index in [4.69, 9.17) is 26.4 Å². The first-order valence-electron chi connectivity index (χ1n) is 11.6. The van der Waals surface area contributed by atoms with Gasteiger partial charge in [0.1, 0.15) is 17.9 Å². The molecule has 2 amide bonds. The zero-order valence-corrected chi connectivity index (χ0v) is 20.8. The summed E-state index contributed by atoms with van der Waals surface area (Å²) >= 11 is 5.30. The number of benzene rings is 3. The quantitative estimate of drug-likeness (QED) is 0.255. The summed E-state index contributed by atoms with van der Waals surface area (Å²) < 4.78 is 17.3. The molecule has 1 fully saturated rings. The first-order valence-corrected chi connectivity index (χ1v) is 12.0. The predicted octanol–water partition coefficient (Wildman–Crippen LogP) is 4.89. The molecule has 3 aromatic carbocycles. The smallest absolute Gasteiger partial charge is 0.270 e. The lowest BCUT2D eigenvalue weighted by atomic mass is 10.1. The molecule has 184 valence electrons. The molecule has 0 atom stereocenters. The molecule has 1 heterocycles. The minimum atomic E-state index is -0.565. The Morgan fingerprint density at radius 1 is 0.861 bits per heavy atom. The SMILES string of the molecule is CCOc1cccc(N2C(=O)/C(=C\c3ccc(OCc4ccccc4)c(OCC)c3)C(=O)NC2=S)c1. The van der Waals surface area contributed by atoms with Gasteiger partial charge >= 0.3 is 0 Å². The number of hydrogen-bond acceptors (Lipinski definition) is 6. The van der Waals surface area contributed by atoms with Gasteiger partial charge in [-0.15, -0.1) is 0 Å². The van der Waals surface area contributed by atoms with Crippen molar-refractivity contribution >= 4 is 40.9 Å². The van der Waals surface area contributed by atoms with Crippen LogP contribution in [0.3, 0.4) is 0 Å². The van der Waals surface area contributed by atoms with Crippen LogP contribution >= 0.6 is 12.2 Å². The van der Waals surface area contributed by atoms with Crippen LogP contribution in [-0.4, -0.2) is 30.1 Å². The van der Waals surface area contributed by atoms with Gasteiger partial charge < -0.3 is 14.2 Å². The Morgan fingerprint density at radius 2 is 1.64 bits per heavy atom. The maximum Gasteiger partial charge on any atom is 0.270 e. The molecule has 36 heavy (non-hydrogen) atoms. The van der Waals surface area contributed by atoms with E-state index >= 15 is 0 Å². The third kappa shape index (κ3) is 5.72. The van der Waals surface area contributed by atoms with Crippen molar-refractivity contribution in [3.8, 4) is 17.2 Å². The Hall–Kier alpha value is -4.17. The van der Waals surface area contributed by atoms with Crippen LogP contribution in [0, 0.1) is 0 Å². The van der Waals surface area contributed by atoms with Crippen LogP contribution in [0.2, 0.25) is 0 Å². The molecule has 0 unspecified atom stereocenters. The van der Waals surface area contributed by atoms with Gasteiger partial charge in [0.05, 0.1) is 18.9 Å². The second kappa shape index (κ2) is 11.5. The molecule has 0 aliphatic carbocycles. The molecule has 0 bridgehead atoms. The molecule has 7 nitrogen and oxygen atoms in total. The molecule has 1 saturated heterocycles. The normalized spacial score (nSPS) is 14.6. The van der Waals surface area contributed by atoms with Crippen LogP contribution in [0.1, 0.15) is 25.0 Å². The molecule has 3 aromatic rings. The third-order valence-electron chi connectivity index (χ3n) is 5.30. The monoisotopic (exact) mass is 502 g/mol. The van der Waals surface area contributed by atoms with Crippen molar-refractivity contribution in [1.29, 1.82) is 0 Å². The largest absolute Gasteiger partial charge is 0.494 e. The first-order chi connectivity index (χ1) is 17.5. The van der Waals surface area contributed by atoms with Crippen molar-refractivity contribution in [2.75, 3.05) is 18.1 Å². The summed E-state index contributed by atoms with van der Waals surface area (Å²) in [6.07, 6.45) is 1.52. The van der Waals surface area contributed by atoms with Crippen LogP contribution < -0.4 is 24.4 Å². The second-order valence-corrected chi connectivity index (χ2v) is 8.19. The van der Waals surface area contributed by atoms with Crippen LogP contribution in [-0.2, 0) is 16.2 Å². The number of carbonyl (C=O) groups is 2. The summed E-state index contributed by atoms with van der Waals surface area (Å²) in [5, 5.41) is 2.61. The molecular formula is C28H26N2O5S. The number of carbonyl (C=O) groups excluding carboxylic acids is 2.